The van der Waals surface area contributed by atoms with Crippen molar-refractivity contribution in [3.8, 4) is 11.4 Å². The van der Waals surface area contributed by atoms with Crippen LogP contribution in [0.3, 0.4) is 0 Å². The van der Waals surface area contributed by atoms with E-state index < -0.39 is 0 Å². The number of rotatable bonds is 3. The molecule has 0 radical (unpaired) electrons. The van der Waals surface area contributed by atoms with Gasteiger partial charge in [0.1, 0.15) is 12.2 Å². The Labute approximate surface area is 137 Å². The van der Waals surface area contributed by atoms with Crippen LogP contribution in [0.25, 0.3) is 17.0 Å². The summed E-state index contributed by atoms with van der Waals surface area (Å²) in [6.45, 7) is 2.21. The highest BCUT2D eigenvalue weighted by Crippen LogP contribution is 2.12. The maximum Gasteiger partial charge on any atom is 0.258 e. The first-order valence-corrected chi connectivity index (χ1v) is 7.52. The third-order valence-corrected chi connectivity index (χ3v) is 3.73. The SMILES string of the molecule is Cc1cccn2c(=O)cc(Cn3nnc(-c4ccccc4)n3)nc12. The van der Waals surface area contributed by atoms with Gasteiger partial charge in [-0.1, -0.05) is 36.4 Å². The van der Waals surface area contributed by atoms with Crippen LogP contribution in [0.2, 0.25) is 0 Å². The molecule has 4 aromatic rings. The monoisotopic (exact) mass is 318 g/mol. The highest BCUT2D eigenvalue weighted by Gasteiger charge is 2.09. The molecule has 7 nitrogen and oxygen atoms in total. The molecule has 0 aliphatic rings. The lowest BCUT2D eigenvalue weighted by molar-refractivity contribution is 0.564. The third-order valence-electron chi connectivity index (χ3n) is 3.73. The van der Waals surface area contributed by atoms with Gasteiger partial charge in [-0.05, 0) is 23.8 Å². The molecule has 0 bridgehead atoms. The number of aryl methyl sites for hydroxylation is 1. The van der Waals surface area contributed by atoms with Crippen molar-refractivity contribution in [2.45, 2.75) is 13.5 Å². The van der Waals surface area contributed by atoms with Gasteiger partial charge in [-0.3, -0.25) is 9.20 Å². The predicted octanol–water partition coefficient (Wildman–Crippen LogP) is 1.70. The van der Waals surface area contributed by atoms with E-state index in [0.29, 0.717) is 23.7 Å². The average molecular weight is 318 g/mol. The molecule has 7 heteroatoms. The number of nitrogens with zero attached hydrogens (tertiary/aromatic N) is 6. The van der Waals surface area contributed by atoms with E-state index in [4.69, 9.17) is 0 Å². The van der Waals surface area contributed by atoms with E-state index >= 15 is 0 Å². The minimum absolute atomic E-state index is 0.123. The molecule has 0 amide bonds. The van der Waals surface area contributed by atoms with Gasteiger partial charge in [0.2, 0.25) is 5.82 Å². The second kappa shape index (κ2) is 5.69. The fourth-order valence-corrected chi connectivity index (χ4v) is 2.55. The van der Waals surface area contributed by atoms with Gasteiger partial charge in [0.15, 0.2) is 0 Å². The third kappa shape index (κ3) is 2.56. The number of aromatic nitrogens is 6. The molecule has 24 heavy (non-hydrogen) atoms. The van der Waals surface area contributed by atoms with Crippen molar-refractivity contribution < 1.29 is 0 Å². The van der Waals surface area contributed by atoms with Crippen LogP contribution in [0.1, 0.15) is 11.3 Å². The normalized spacial score (nSPS) is 11.0. The van der Waals surface area contributed by atoms with E-state index in [2.05, 4.69) is 20.4 Å². The molecule has 0 atom stereocenters. The molecule has 4 rings (SSSR count). The van der Waals surface area contributed by atoms with Gasteiger partial charge >= 0.3 is 0 Å². The fourth-order valence-electron chi connectivity index (χ4n) is 2.55. The highest BCUT2D eigenvalue weighted by atomic mass is 16.1. The summed E-state index contributed by atoms with van der Waals surface area (Å²) >= 11 is 0. The second-order valence-corrected chi connectivity index (χ2v) is 5.48. The Balaban J connectivity index is 1.69. The van der Waals surface area contributed by atoms with Gasteiger partial charge < -0.3 is 0 Å². The second-order valence-electron chi connectivity index (χ2n) is 5.48. The Hall–Kier alpha value is -3.35. The van der Waals surface area contributed by atoms with Crippen molar-refractivity contribution in [3.63, 3.8) is 0 Å². The Morgan fingerprint density at radius 3 is 2.75 bits per heavy atom. The summed E-state index contributed by atoms with van der Waals surface area (Å²) in [7, 11) is 0. The van der Waals surface area contributed by atoms with Crippen LogP contribution in [0.5, 0.6) is 0 Å². The van der Waals surface area contributed by atoms with E-state index in [1.165, 1.54) is 15.3 Å². The zero-order valence-corrected chi connectivity index (χ0v) is 13.0. The molecule has 0 aliphatic carbocycles. The molecular formula is C17H14N6O. The molecule has 0 aliphatic heterocycles. The zero-order chi connectivity index (χ0) is 16.5. The summed E-state index contributed by atoms with van der Waals surface area (Å²) in [6, 6.07) is 14.9. The summed E-state index contributed by atoms with van der Waals surface area (Å²) < 4.78 is 1.53. The van der Waals surface area contributed by atoms with Gasteiger partial charge in [0.25, 0.3) is 5.56 Å². The number of hydrogen-bond donors (Lipinski definition) is 0. The first kappa shape index (κ1) is 14.3. The van der Waals surface area contributed by atoms with Crippen LogP contribution in [0.4, 0.5) is 0 Å². The lowest BCUT2D eigenvalue weighted by Crippen LogP contribution is -2.18. The van der Waals surface area contributed by atoms with Crippen LogP contribution in [-0.4, -0.2) is 29.6 Å². The van der Waals surface area contributed by atoms with E-state index in [-0.39, 0.29) is 5.56 Å². The summed E-state index contributed by atoms with van der Waals surface area (Å²) in [4.78, 5) is 18.2. The van der Waals surface area contributed by atoms with Crippen molar-refractivity contribution in [1.82, 2.24) is 29.6 Å². The van der Waals surface area contributed by atoms with Gasteiger partial charge in [-0.15, -0.1) is 10.2 Å². The molecule has 118 valence electrons. The number of pyridine rings is 1. The average Bonchev–Trinajstić information content (AvgIpc) is 3.05. The van der Waals surface area contributed by atoms with Crippen molar-refractivity contribution in [2.75, 3.05) is 0 Å². The predicted molar refractivity (Wildman–Crippen MR) is 88.6 cm³/mol. The first-order valence-electron chi connectivity index (χ1n) is 7.52. The van der Waals surface area contributed by atoms with E-state index in [1.807, 2.05) is 49.4 Å². The molecule has 0 fully saturated rings. The van der Waals surface area contributed by atoms with Crippen molar-refractivity contribution in [3.05, 3.63) is 76.3 Å². The van der Waals surface area contributed by atoms with Gasteiger partial charge in [0.05, 0.1) is 5.69 Å². The van der Waals surface area contributed by atoms with Gasteiger partial charge in [0, 0.05) is 17.8 Å². The lowest BCUT2D eigenvalue weighted by atomic mass is 10.2. The summed E-state index contributed by atoms with van der Waals surface area (Å²) in [5, 5.41) is 12.5. The van der Waals surface area contributed by atoms with E-state index in [9.17, 15) is 4.79 Å². The standard InChI is InChI=1S/C17H14N6O/c1-12-6-5-9-22-15(24)10-14(18-17(12)22)11-23-20-16(19-21-23)13-7-3-2-4-8-13/h2-10H,11H2,1H3. The van der Waals surface area contributed by atoms with Crippen LogP contribution in [0, 0.1) is 6.92 Å². The molecule has 0 unspecified atom stereocenters. The molecular weight excluding hydrogens is 304 g/mol. The minimum Gasteiger partial charge on any atom is -0.269 e. The number of benzene rings is 1. The quantitative estimate of drug-likeness (QED) is 0.574. The van der Waals surface area contributed by atoms with Gasteiger partial charge in [-0.2, -0.15) is 4.80 Å². The Morgan fingerprint density at radius 1 is 1.08 bits per heavy atom. The summed E-state index contributed by atoms with van der Waals surface area (Å²) in [5.41, 5.74) is 2.95. The smallest absolute Gasteiger partial charge is 0.258 e. The molecule has 0 N–H and O–H groups in total. The van der Waals surface area contributed by atoms with Crippen molar-refractivity contribution in [1.29, 1.82) is 0 Å². The fraction of sp³-hybridized carbons (Fsp3) is 0.118. The molecule has 1 aromatic carbocycles. The highest BCUT2D eigenvalue weighted by molar-refractivity contribution is 5.53. The molecule has 3 aromatic heterocycles. The molecule has 3 heterocycles. The topological polar surface area (TPSA) is 78.0 Å². The molecule has 0 saturated heterocycles. The van der Waals surface area contributed by atoms with Gasteiger partial charge in [-0.25, -0.2) is 4.98 Å². The lowest BCUT2D eigenvalue weighted by Gasteiger charge is -2.05. The largest absolute Gasteiger partial charge is 0.269 e. The van der Waals surface area contributed by atoms with Crippen LogP contribution in [-0.2, 0) is 6.54 Å². The van der Waals surface area contributed by atoms with Crippen molar-refractivity contribution >= 4 is 5.65 Å². The number of tetrazole rings is 1. The number of fused-ring (bicyclic) bond motifs is 1. The maximum atomic E-state index is 12.2. The Kier molecular flexibility index (Phi) is 3.38. The minimum atomic E-state index is -0.123. The van der Waals surface area contributed by atoms with E-state index in [0.717, 1.165) is 11.1 Å². The first-order chi connectivity index (χ1) is 11.7. The Morgan fingerprint density at radius 2 is 1.92 bits per heavy atom. The summed E-state index contributed by atoms with van der Waals surface area (Å²) in [5.74, 6) is 0.546. The molecule has 0 saturated carbocycles. The zero-order valence-electron chi connectivity index (χ0n) is 13.0. The summed E-state index contributed by atoms with van der Waals surface area (Å²) in [6.07, 6.45) is 1.71. The Bertz CT molecular complexity index is 1070. The van der Waals surface area contributed by atoms with Crippen LogP contribution in [0.15, 0.2) is 59.5 Å². The maximum absolute atomic E-state index is 12.2. The van der Waals surface area contributed by atoms with E-state index in [1.54, 1.807) is 6.20 Å². The van der Waals surface area contributed by atoms with Crippen LogP contribution >= 0.6 is 0 Å². The van der Waals surface area contributed by atoms with Crippen LogP contribution < -0.4 is 5.56 Å². The van der Waals surface area contributed by atoms with Crippen molar-refractivity contribution in [2.24, 2.45) is 0 Å². The molecule has 0 spiro atoms. The number of hydrogen-bond acceptors (Lipinski definition) is 5.